The molecular weight excluding hydrogens is 1000 g/mol. The summed E-state index contributed by atoms with van der Waals surface area (Å²) in [6.45, 7) is 16.4. The minimum atomic E-state index is 0.289. The normalized spacial score (nSPS) is 12.0. The van der Waals surface area contributed by atoms with Crippen molar-refractivity contribution in [2.24, 2.45) is 11.7 Å². The number of hydrogen-bond acceptors (Lipinski definition) is 5. The van der Waals surface area contributed by atoms with E-state index in [9.17, 15) is 9.59 Å². The summed E-state index contributed by atoms with van der Waals surface area (Å²) in [6.07, 6.45) is 88.6. The third-order valence-electron chi connectivity index (χ3n) is 16.8. The molecule has 0 bridgehead atoms. The third-order valence-corrected chi connectivity index (χ3v) is 16.8. The smallest absolute Gasteiger partial charge is 0.236 e. The number of amides is 1. The zero-order chi connectivity index (χ0) is 60.4. The highest BCUT2D eigenvalue weighted by Crippen LogP contribution is 2.20. The maximum Gasteiger partial charge on any atom is 0.236 e. The van der Waals surface area contributed by atoms with Crippen molar-refractivity contribution in [1.29, 1.82) is 0 Å². The van der Waals surface area contributed by atoms with Crippen LogP contribution >= 0.6 is 0 Å². The van der Waals surface area contributed by atoms with Gasteiger partial charge in [0.25, 0.3) is 0 Å². The SMILES string of the molecule is C/C=C(\N)NCC.CCCCCCCC/C=C\CCCCCCCCC(C=O)CCCCCC/C=C\CCCCCCCC.CCCCCCCCCCCCCCCCN(CCCCCCCCCCCCCCCC)C(=O)CNC. The summed E-state index contributed by atoms with van der Waals surface area (Å²) in [5.74, 6) is 1.35. The maximum absolute atomic E-state index is 12.5. The largest absolute Gasteiger partial charge is 0.386 e. The number of hydrogen-bond donors (Lipinski definition) is 3. The molecule has 4 N–H and O–H groups in total. The first-order valence-corrected chi connectivity index (χ1v) is 37.2. The lowest BCUT2D eigenvalue weighted by Gasteiger charge is -2.23. The van der Waals surface area contributed by atoms with E-state index in [4.69, 9.17) is 5.73 Å². The number of allylic oxidation sites excluding steroid dienone is 5. The molecule has 6 nitrogen and oxygen atoms in total. The van der Waals surface area contributed by atoms with E-state index in [2.05, 4.69) is 67.5 Å². The molecular formula is C76H152N4O2. The van der Waals surface area contributed by atoms with Gasteiger partial charge < -0.3 is 26.1 Å². The first kappa shape index (κ1) is 84.1. The average molecular weight is 1150 g/mol. The molecule has 0 heterocycles. The molecule has 0 aromatic heterocycles. The van der Waals surface area contributed by atoms with E-state index in [0.29, 0.717) is 12.5 Å². The molecule has 0 aliphatic heterocycles. The van der Waals surface area contributed by atoms with Crippen molar-refractivity contribution in [2.75, 3.05) is 33.2 Å². The number of unbranched alkanes of at least 4 members (excludes halogenated alkanes) is 48. The first-order valence-electron chi connectivity index (χ1n) is 37.2. The molecule has 0 aromatic rings. The van der Waals surface area contributed by atoms with Crippen molar-refractivity contribution in [3.63, 3.8) is 0 Å². The van der Waals surface area contributed by atoms with Crippen LogP contribution in [0.25, 0.3) is 0 Å². The van der Waals surface area contributed by atoms with Gasteiger partial charge >= 0.3 is 0 Å². The lowest BCUT2D eigenvalue weighted by Crippen LogP contribution is -2.38. The number of nitrogens with one attached hydrogen (secondary N) is 2. The van der Waals surface area contributed by atoms with Gasteiger partial charge in [-0.3, -0.25) is 4.79 Å². The fourth-order valence-corrected chi connectivity index (χ4v) is 11.2. The van der Waals surface area contributed by atoms with Crippen LogP contribution < -0.4 is 16.4 Å². The van der Waals surface area contributed by atoms with Crippen molar-refractivity contribution in [2.45, 2.75) is 401 Å². The van der Waals surface area contributed by atoms with E-state index in [0.717, 1.165) is 38.3 Å². The topological polar surface area (TPSA) is 87.5 Å². The Labute approximate surface area is 517 Å². The first-order chi connectivity index (χ1) is 40.4. The molecule has 0 saturated heterocycles. The van der Waals surface area contributed by atoms with Crippen molar-refractivity contribution in [3.05, 3.63) is 36.2 Å². The number of rotatable bonds is 65. The molecule has 0 spiro atoms. The molecule has 0 aliphatic carbocycles. The Hall–Kier alpha value is -2.08. The number of nitrogens with two attached hydrogens (primary N) is 1. The van der Waals surface area contributed by atoms with Crippen LogP contribution in [0.3, 0.4) is 0 Å². The van der Waals surface area contributed by atoms with Crippen LogP contribution in [0, 0.1) is 5.92 Å². The molecule has 0 aromatic carbocycles. The quantitative estimate of drug-likeness (QED) is 0.0321. The van der Waals surface area contributed by atoms with E-state index < -0.39 is 0 Å². The Morgan fingerprint density at radius 3 is 0.841 bits per heavy atom. The van der Waals surface area contributed by atoms with Gasteiger partial charge in [0, 0.05) is 25.6 Å². The van der Waals surface area contributed by atoms with Crippen LogP contribution in [0.5, 0.6) is 0 Å². The summed E-state index contributed by atoms with van der Waals surface area (Å²) < 4.78 is 0. The Bertz CT molecular complexity index is 1230. The predicted octanol–water partition coefficient (Wildman–Crippen LogP) is 24.3. The van der Waals surface area contributed by atoms with Gasteiger partial charge in [-0.2, -0.15) is 0 Å². The summed E-state index contributed by atoms with van der Waals surface area (Å²) in [7, 11) is 1.88. The van der Waals surface area contributed by atoms with Gasteiger partial charge in [0.05, 0.1) is 12.4 Å². The van der Waals surface area contributed by atoms with Crippen LogP contribution in [-0.4, -0.2) is 50.3 Å². The lowest BCUT2D eigenvalue weighted by molar-refractivity contribution is -0.130. The summed E-state index contributed by atoms with van der Waals surface area (Å²) in [5, 5.41) is 5.99. The Morgan fingerprint density at radius 1 is 0.378 bits per heavy atom. The fourth-order valence-electron chi connectivity index (χ4n) is 11.2. The highest BCUT2D eigenvalue weighted by molar-refractivity contribution is 5.78. The zero-order valence-corrected chi connectivity index (χ0v) is 57.3. The van der Waals surface area contributed by atoms with E-state index in [1.807, 2.05) is 27.0 Å². The summed E-state index contributed by atoms with van der Waals surface area (Å²) >= 11 is 0. The average Bonchev–Trinajstić information content (AvgIpc) is 3.48. The lowest BCUT2D eigenvalue weighted by atomic mass is 9.95. The molecule has 0 fully saturated rings. The number of carbonyl (C=O) groups is 2. The number of carbonyl (C=O) groups excluding carboxylic acids is 2. The second-order valence-electron chi connectivity index (χ2n) is 25.0. The monoisotopic (exact) mass is 1150 g/mol. The molecule has 0 saturated carbocycles. The minimum absolute atomic E-state index is 0.289. The number of likely N-dealkylation sites (N-methyl/N-ethyl adjacent to an activating group) is 1. The molecule has 0 aliphatic rings. The van der Waals surface area contributed by atoms with Crippen LogP contribution in [0.15, 0.2) is 36.2 Å². The van der Waals surface area contributed by atoms with Gasteiger partial charge in [-0.05, 0) is 104 Å². The Balaban J connectivity index is -0.00000136. The van der Waals surface area contributed by atoms with Crippen molar-refractivity contribution in [3.8, 4) is 0 Å². The van der Waals surface area contributed by atoms with E-state index in [-0.39, 0.29) is 5.91 Å². The molecule has 1 unspecified atom stereocenters. The van der Waals surface area contributed by atoms with Gasteiger partial charge in [0.15, 0.2) is 0 Å². The van der Waals surface area contributed by atoms with Gasteiger partial charge in [-0.25, -0.2) is 0 Å². The molecule has 1 amide bonds. The molecule has 0 rings (SSSR count). The Morgan fingerprint density at radius 2 is 0.622 bits per heavy atom. The van der Waals surface area contributed by atoms with E-state index >= 15 is 0 Å². The van der Waals surface area contributed by atoms with E-state index in [1.165, 1.54) is 353 Å². The van der Waals surface area contributed by atoms with Crippen LogP contribution in [0.2, 0.25) is 0 Å². The summed E-state index contributed by atoms with van der Waals surface area (Å²) in [4.78, 5) is 26.1. The second-order valence-corrected chi connectivity index (χ2v) is 25.0. The zero-order valence-electron chi connectivity index (χ0n) is 57.3. The minimum Gasteiger partial charge on any atom is -0.386 e. The molecule has 1 atom stereocenters. The number of aldehydes is 1. The molecule has 0 radical (unpaired) electrons. The summed E-state index contributed by atoms with van der Waals surface area (Å²) in [6, 6.07) is 0. The van der Waals surface area contributed by atoms with Crippen LogP contribution in [0.1, 0.15) is 401 Å². The highest BCUT2D eigenvalue weighted by atomic mass is 16.2. The van der Waals surface area contributed by atoms with Crippen LogP contribution in [-0.2, 0) is 9.59 Å². The van der Waals surface area contributed by atoms with Crippen molar-refractivity contribution < 1.29 is 9.59 Å². The fraction of sp³-hybridized carbons (Fsp3) is 0.895. The molecule has 82 heavy (non-hydrogen) atoms. The van der Waals surface area contributed by atoms with Gasteiger partial charge in [0.2, 0.25) is 5.91 Å². The predicted molar refractivity (Wildman–Crippen MR) is 371 cm³/mol. The van der Waals surface area contributed by atoms with Gasteiger partial charge in [-0.1, -0.05) is 335 Å². The van der Waals surface area contributed by atoms with Gasteiger partial charge in [0.1, 0.15) is 6.29 Å². The standard InChI is InChI=1S/C36H68O.C35H72N2O.C5H12N2/c1-3-5-7-9-11-13-15-17-19-20-22-24-26-28-30-32-34-36(35-37)33-31-29-27-25-23-21-18-16-14-12-10-8-6-4-2;1-4-6-8-10-12-14-16-18-20-22-24-26-28-30-32-37(35(38)34-36-3)33-31-29-27-25-23-21-19-17-15-13-11-9-7-5-2;1-3-5(6)7-4-2/h17-19,21,35-36H,3-16,20,22-34H2,1-2H3;36H,4-34H2,1-3H3;3,7H,4,6H2,1-2H3/b19-17-,21-18-;;5-3+. The van der Waals surface area contributed by atoms with Crippen molar-refractivity contribution >= 4 is 12.2 Å². The maximum atomic E-state index is 12.5. The third kappa shape index (κ3) is 75.9. The molecule has 488 valence electrons. The van der Waals surface area contributed by atoms with E-state index in [1.54, 1.807) is 0 Å². The highest BCUT2D eigenvalue weighted by Gasteiger charge is 2.12. The van der Waals surface area contributed by atoms with Crippen LogP contribution in [0.4, 0.5) is 0 Å². The Kier molecular flexibility index (Phi) is 81.0. The molecule has 6 heteroatoms. The second kappa shape index (κ2) is 78.9. The van der Waals surface area contributed by atoms with Crippen molar-refractivity contribution in [1.82, 2.24) is 15.5 Å². The van der Waals surface area contributed by atoms with Gasteiger partial charge in [-0.15, -0.1) is 0 Å². The summed E-state index contributed by atoms with van der Waals surface area (Å²) in [5.41, 5.74) is 5.33. The number of nitrogens with zero attached hydrogens (tertiary/aromatic N) is 1.